The van der Waals surface area contributed by atoms with E-state index in [9.17, 15) is 10.0 Å². The van der Waals surface area contributed by atoms with Crippen LogP contribution in [0.5, 0.6) is 0 Å². The van der Waals surface area contributed by atoms with Crippen LogP contribution in [0.1, 0.15) is 25.5 Å². The molecule has 8 nitrogen and oxygen atoms in total. The Hall–Kier alpha value is -2.22. The first-order valence-corrected chi connectivity index (χ1v) is 5.98. The van der Waals surface area contributed by atoms with E-state index in [-0.39, 0.29) is 23.7 Å². The highest BCUT2D eigenvalue weighted by Gasteiger charge is 2.15. The lowest BCUT2D eigenvalue weighted by Crippen LogP contribution is -2.32. The summed E-state index contributed by atoms with van der Waals surface area (Å²) in [7, 11) is 0. The van der Waals surface area contributed by atoms with E-state index in [1.165, 1.54) is 6.20 Å². The highest BCUT2D eigenvalue weighted by molar-refractivity contribution is 5.65. The van der Waals surface area contributed by atoms with Crippen molar-refractivity contribution in [3.05, 3.63) is 27.5 Å². The molecule has 0 atom stereocenters. The van der Waals surface area contributed by atoms with Gasteiger partial charge in [-0.25, -0.2) is 9.71 Å². The molecule has 3 N–H and O–H groups in total. The number of anilines is 1. The Labute approximate surface area is 108 Å². The molecule has 19 heavy (non-hydrogen) atoms. The van der Waals surface area contributed by atoms with Crippen LogP contribution in [-0.4, -0.2) is 21.6 Å². The van der Waals surface area contributed by atoms with Gasteiger partial charge in [0.1, 0.15) is 11.9 Å². The average molecular weight is 265 g/mol. The summed E-state index contributed by atoms with van der Waals surface area (Å²) >= 11 is 0. The molecule has 0 spiro atoms. The van der Waals surface area contributed by atoms with E-state index in [0.29, 0.717) is 17.0 Å². The molecule has 2 aromatic heterocycles. The van der Waals surface area contributed by atoms with Crippen molar-refractivity contribution >= 4 is 17.1 Å². The van der Waals surface area contributed by atoms with E-state index in [1.54, 1.807) is 0 Å². The van der Waals surface area contributed by atoms with Crippen LogP contribution < -0.4 is 16.0 Å². The van der Waals surface area contributed by atoms with Crippen LogP contribution >= 0.6 is 0 Å². The van der Waals surface area contributed by atoms with Crippen molar-refractivity contribution < 1.29 is 9.47 Å². The first kappa shape index (κ1) is 13.2. The molecule has 0 aliphatic carbocycles. The first-order chi connectivity index (χ1) is 9.11. The van der Waals surface area contributed by atoms with E-state index in [0.717, 1.165) is 12.8 Å². The molecule has 0 fully saturated rings. The van der Waals surface area contributed by atoms with Gasteiger partial charge >= 0.3 is 11.6 Å². The molecule has 0 radical (unpaired) electrons. The van der Waals surface area contributed by atoms with Gasteiger partial charge in [-0.1, -0.05) is 13.3 Å². The third kappa shape index (κ3) is 2.97. The van der Waals surface area contributed by atoms with Gasteiger partial charge in [-0.3, -0.25) is 9.78 Å². The maximum absolute atomic E-state index is 11.7. The summed E-state index contributed by atoms with van der Waals surface area (Å²) in [6, 6.07) is 0. The summed E-state index contributed by atoms with van der Waals surface area (Å²) in [5.41, 5.74) is 5.08. The van der Waals surface area contributed by atoms with E-state index in [2.05, 4.69) is 21.9 Å². The lowest BCUT2D eigenvalue weighted by molar-refractivity contribution is -0.580. The van der Waals surface area contributed by atoms with E-state index >= 15 is 0 Å². The lowest BCUT2D eigenvalue weighted by atomic mass is 10.3. The molecular formula is C11H15N5O3. The molecule has 0 saturated carbocycles. The molecule has 102 valence electrons. The molecule has 0 saturated heterocycles. The van der Waals surface area contributed by atoms with Crippen molar-refractivity contribution in [3.8, 4) is 0 Å². The molecule has 2 aromatic rings. The summed E-state index contributed by atoms with van der Waals surface area (Å²) in [5, 5.41) is 11.7. The number of fused-ring (bicyclic) bond motifs is 1. The number of unbranched alkanes of at least 4 members (excludes halogenated alkanes) is 1. The predicted octanol–water partition coefficient (Wildman–Crippen LogP) is -0.150. The quantitative estimate of drug-likeness (QED) is 0.440. The number of hydrogen-bond acceptors (Lipinski definition) is 6. The second-order valence-electron chi connectivity index (χ2n) is 4.09. The van der Waals surface area contributed by atoms with Crippen LogP contribution in [0.3, 0.4) is 0 Å². The largest absolute Gasteiger partial charge is 0.710 e. The summed E-state index contributed by atoms with van der Waals surface area (Å²) in [4.78, 5) is 21.8. The second-order valence-corrected chi connectivity index (χ2v) is 4.09. The van der Waals surface area contributed by atoms with Crippen LogP contribution in [0, 0.1) is 5.21 Å². The number of hydrogen-bond donors (Lipinski definition) is 2. The molecule has 0 amide bonds. The summed E-state index contributed by atoms with van der Waals surface area (Å²) in [6.45, 7) is 2.83. The van der Waals surface area contributed by atoms with Gasteiger partial charge in [-0.15, -0.1) is 0 Å². The number of nitrogen functional groups attached to an aromatic ring is 1. The molecular weight excluding hydrogens is 250 g/mol. The van der Waals surface area contributed by atoms with Gasteiger partial charge in [0.2, 0.25) is 5.52 Å². The number of aromatic nitrogens is 4. The van der Waals surface area contributed by atoms with Crippen molar-refractivity contribution in [2.24, 2.45) is 0 Å². The fourth-order valence-electron chi connectivity index (χ4n) is 1.59. The molecule has 8 heteroatoms. The monoisotopic (exact) mass is 265 g/mol. The summed E-state index contributed by atoms with van der Waals surface area (Å²) in [5.74, 6) is -0.115. The zero-order valence-corrected chi connectivity index (χ0v) is 10.5. The number of nitrogens with one attached hydrogen (secondary N) is 1. The Bertz CT molecular complexity index is 640. The third-order valence-corrected chi connectivity index (χ3v) is 2.52. The van der Waals surface area contributed by atoms with Crippen molar-refractivity contribution in [1.82, 2.24) is 15.0 Å². The fourth-order valence-corrected chi connectivity index (χ4v) is 1.59. The highest BCUT2D eigenvalue weighted by atomic mass is 16.5. The Balaban J connectivity index is 2.31. The minimum Gasteiger partial charge on any atom is -0.710 e. The minimum atomic E-state index is -0.539. The number of ether oxygens (including phenoxy) is 1. The second kappa shape index (κ2) is 5.61. The number of rotatable bonds is 5. The highest BCUT2D eigenvalue weighted by Crippen LogP contribution is 2.03. The summed E-state index contributed by atoms with van der Waals surface area (Å²) < 4.78 is 5.83. The lowest BCUT2D eigenvalue weighted by Gasteiger charge is -2.07. The predicted molar refractivity (Wildman–Crippen MR) is 68.1 cm³/mol. The average Bonchev–Trinajstić information content (AvgIpc) is 2.36. The maximum atomic E-state index is 11.7. The van der Waals surface area contributed by atoms with Gasteiger partial charge in [0.05, 0.1) is 6.61 Å². The van der Waals surface area contributed by atoms with Crippen molar-refractivity contribution in [2.75, 3.05) is 12.3 Å². The number of nitrogens with zero attached hydrogens (tertiary/aromatic N) is 3. The van der Waals surface area contributed by atoms with E-state index in [1.807, 2.05) is 0 Å². The van der Waals surface area contributed by atoms with Crippen molar-refractivity contribution in [2.45, 2.75) is 26.4 Å². The van der Waals surface area contributed by atoms with Crippen LogP contribution in [0.2, 0.25) is 0 Å². The Morgan fingerprint density at radius 1 is 1.53 bits per heavy atom. The standard InChI is InChI=1S/C11H15N5O3/c1-2-3-4-19-6-7-5-16(18)9-8(13-7)10(17)15-11(12)14-9/h5H,2-4,6H2,1H3,(H3,12,14,15,17). The van der Waals surface area contributed by atoms with Crippen molar-refractivity contribution in [1.29, 1.82) is 0 Å². The van der Waals surface area contributed by atoms with Crippen molar-refractivity contribution in [3.63, 3.8) is 0 Å². The maximum Gasteiger partial charge on any atom is 0.362 e. The molecule has 2 rings (SSSR count). The van der Waals surface area contributed by atoms with Gasteiger partial charge in [-0.2, -0.15) is 0 Å². The smallest absolute Gasteiger partial charge is 0.362 e. The normalized spacial score (nSPS) is 11.0. The van der Waals surface area contributed by atoms with Crippen LogP contribution in [0.25, 0.3) is 11.2 Å². The Kier molecular flexibility index (Phi) is 3.91. The molecule has 0 aliphatic rings. The Morgan fingerprint density at radius 2 is 2.32 bits per heavy atom. The van der Waals surface area contributed by atoms with Gasteiger partial charge < -0.3 is 15.7 Å². The Morgan fingerprint density at radius 3 is 3.05 bits per heavy atom. The zero-order valence-electron chi connectivity index (χ0n) is 10.5. The molecule has 0 bridgehead atoms. The van der Waals surface area contributed by atoms with E-state index < -0.39 is 5.56 Å². The number of nitrogens with two attached hydrogens (primary N) is 1. The molecule has 0 unspecified atom stereocenters. The molecule has 0 aliphatic heterocycles. The number of H-pyrrole nitrogens is 1. The van der Waals surface area contributed by atoms with Gasteiger partial charge in [-0.05, 0) is 11.4 Å². The SMILES string of the molecule is CCCCOCc1c[n+]([O-])c2nc(N)[nH]c(=O)c2n1. The van der Waals surface area contributed by atoms with Crippen LogP contribution in [0.4, 0.5) is 5.95 Å². The zero-order chi connectivity index (χ0) is 13.8. The van der Waals surface area contributed by atoms with E-state index in [4.69, 9.17) is 10.5 Å². The number of aromatic amines is 1. The fraction of sp³-hybridized carbons (Fsp3) is 0.455. The van der Waals surface area contributed by atoms with Gasteiger partial charge in [0.25, 0.3) is 5.56 Å². The van der Waals surface area contributed by atoms with Crippen LogP contribution in [0.15, 0.2) is 11.0 Å². The molecule has 0 aromatic carbocycles. The summed E-state index contributed by atoms with van der Waals surface area (Å²) in [6.07, 6.45) is 3.19. The topological polar surface area (TPSA) is 121 Å². The minimum absolute atomic E-state index is 0.0409. The third-order valence-electron chi connectivity index (χ3n) is 2.52. The first-order valence-electron chi connectivity index (χ1n) is 5.98. The van der Waals surface area contributed by atoms with Gasteiger partial charge in [0, 0.05) is 6.61 Å². The molecule has 2 heterocycles. The van der Waals surface area contributed by atoms with Crippen LogP contribution in [-0.2, 0) is 11.3 Å². The van der Waals surface area contributed by atoms with Gasteiger partial charge in [0.15, 0.2) is 0 Å².